The third-order valence-corrected chi connectivity index (χ3v) is 3.05. The second-order valence-corrected chi connectivity index (χ2v) is 5.23. The van der Waals surface area contributed by atoms with Gasteiger partial charge < -0.3 is 19.9 Å². The van der Waals surface area contributed by atoms with Crippen molar-refractivity contribution in [3.8, 4) is 11.6 Å². The average molecular weight is 330 g/mol. The predicted molar refractivity (Wildman–Crippen MR) is 87.9 cm³/mol. The fourth-order valence-electron chi connectivity index (χ4n) is 1.95. The number of carboxylic acids is 1. The molecule has 1 amide bonds. The van der Waals surface area contributed by atoms with Gasteiger partial charge >= 0.3 is 5.97 Å². The van der Waals surface area contributed by atoms with E-state index >= 15 is 0 Å². The molecule has 1 aromatic carbocycles. The molecule has 0 aliphatic rings. The third kappa shape index (κ3) is 4.22. The summed E-state index contributed by atoms with van der Waals surface area (Å²) in [5, 5.41) is 11.8. The Morgan fingerprint density at radius 1 is 1.17 bits per heavy atom. The normalized spacial score (nSPS) is 10.3. The van der Waals surface area contributed by atoms with Gasteiger partial charge in [0.1, 0.15) is 5.75 Å². The molecule has 2 rings (SSSR count). The number of carboxylic acid groups (broad SMARTS) is 1. The van der Waals surface area contributed by atoms with Gasteiger partial charge in [0.05, 0.1) is 30.0 Å². The van der Waals surface area contributed by atoms with E-state index in [2.05, 4.69) is 10.3 Å². The first-order valence-electron chi connectivity index (χ1n) is 7.26. The first-order chi connectivity index (χ1) is 11.4. The van der Waals surface area contributed by atoms with Crippen LogP contribution in [0, 0.1) is 0 Å². The number of benzene rings is 1. The molecule has 0 saturated heterocycles. The molecule has 2 N–H and O–H groups in total. The summed E-state index contributed by atoms with van der Waals surface area (Å²) in [5.41, 5.74) is 0.644. The molecule has 0 aliphatic heterocycles. The molecular weight excluding hydrogens is 312 g/mol. The molecule has 0 radical (unpaired) electrons. The van der Waals surface area contributed by atoms with Gasteiger partial charge in [-0.25, -0.2) is 9.78 Å². The van der Waals surface area contributed by atoms with Gasteiger partial charge in [0, 0.05) is 12.3 Å². The maximum Gasteiger partial charge on any atom is 0.335 e. The number of pyridine rings is 1. The van der Waals surface area contributed by atoms with Gasteiger partial charge in [-0.05, 0) is 38.1 Å². The van der Waals surface area contributed by atoms with Gasteiger partial charge in [-0.3, -0.25) is 4.79 Å². The maximum atomic E-state index is 12.3. The lowest BCUT2D eigenvalue weighted by Gasteiger charge is -2.15. The Morgan fingerprint density at radius 2 is 1.88 bits per heavy atom. The highest BCUT2D eigenvalue weighted by Gasteiger charge is 2.14. The predicted octanol–water partition coefficient (Wildman–Crippen LogP) is 2.83. The van der Waals surface area contributed by atoms with Crippen molar-refractivity contribution in [2.75, 3.05) is 12.4 Å². The van der Waals surface area contributed by atoms with Crippen LogP contribution in [-0.4, -0.2) is 35.2 Å². The molecule has 0 saturated carbocycles. The van der Waals surface area contributed by atoms with Gasteiger partial charge in [0.15, 0.2) is 0 Å². The first kappa shape index (κ1) is 17.3. The van der Waals surface area contributed by atoms with E-state index in [1.807, 2.05) is 13.8 Å². The van der Waals surface area contributed by atoms with Crippen molar-refractivity contribution < 1.29 is 24.2 Å². The molecule has 2 aromatic rings. The zero-order valence-corrected chi connectivity index (χ0v) is 13.6. The van der Waals surface area contributed by atoms with Crippen molar-refractivity contribution in [1.82, 2.24) is 4.98 Å². The number of ether oxygens (including phenoxy) is 2. The zero-order valence-electron chi connectivity index (χ0n) is 13.6. The average Bonchev–Trinajstić information content (AvgIpc) is 2.55. The van der Waals surface area contributed by atoms with Crippen LogP contribution in [0.2, 0.25) is 0 Å². The number of hydrogen-bond donors (Lipinski definition) is 2. The summed E-state index contributed by atoms with van der Waals surface area (Å²) in [5.74, 6) is -0.734. The molecule has 1 heterocycles. The lowest BCUT2D eigenvalue weighted by atomic mass is 10.1. The van der Waals surface area contributed by atoms with Crippen LogP contribution in [0.3, 0.4) is 0 Å². The topological polar surface area (TPSA) is 97.8 Å². The Balaban J connectivity index is 2.29. The molecule has 0 atom stereocenters. The van der Waals surface area contributed by atoms with Gasteiger partial charge in [-0.1, -0.05) is 0 Å². The van der Waals surface area contributed by atoms with Crippen LogP contribution in [0.4, 0.5) is 5.69 Å². The smallest absolute Gasteiger partial charge is 0.335 e. The van der Waals surface area contributed by atoms with Crippen LogP contribution in [-0.2, 0) is 0 Å². The van der Waals surface area contributed by atoms with Crippen molar-refractivity contribution in [3.63, 3.8) is 0 Å². The zero-order chi connectivity index (χ0) is 17.7. The largest absolute Gasteiger partial charge is 0.489 e. The molecule has 24 heavy (non-hydrogen) atoms. The Labute approximate surface area is 139 Å². The summed E-state index contributed by atoms with van der Waals surface area (Å²) in [4.78, 5) is 27.4. The van der Waals surface area contributed by atoms with Crippen LogP contribution in [0.15, 0.2) is 36.5 Å². The highest BCUT2D eigenvalue weighted by atomic mass is 16.5. The minimum Gasteiger partial charge on any atom is -0.489 e. The Hall–Kier alpha value is -3.09. The summed E-state index contributed by atoms with van der Waals surface area (Å²) in [6, 6.07) is 7.42. The van der Waals surface area contributed by atoms with E-state index in [0.717, 1.165) is 0 Å². The quantitative estimate of drug-likeness (QED) is 0.845. The van der Waals surface area contributed by atoms with Crippen molar-refractivity contribution in [2.45, 2.75) is 20.0 Å². The molecule has 7 nitrogen and oxygen atoms in total. The van der Waals surface area contributed by atoms with Crippen LogP contribution in [0.5, 0.6) is 11.6 Å². The minimum atomic E-state index is -1.09. The molecule has 0 spiro atoms. The summed E-state index contributed by atoms with van der Waals surface area (Å²) in [7, 11) is 1.48. The fourth-order valence-corrected chi connectivity index (χ4v) is 1.95. The number of aromatic nitrogens is 1. The number of anilines is 1. The molecule has 126 valence electrons. The van der Waals surface area contributed by atoms with E-state index in [9.17, 15) is 9.59 Å². The van der Waals surface area contributed by atoms with E-state index in [0.29, 0.717) is 17.2 Å². The lowest BCUT2D eigenvalue weighted by molar-refractivity contribution is 0.0696. The van der Waals surface area contributed by atoms with Crippen LogP contribution < -0.4 is 14.8 Å². The summed E-state index contributed by atoms with van der Waals surface area (Å²) in [6.07, 6.45) is 1.25. The van der Waals surface area contributed by atoms with E-state index in [1.165, 1.54) is 31.5 Å². The monoisotopic (exact) mass is 330 g/mol. The summed E-state index contributed by atoms with van der Waals surface area (Å²) in [6.45, 7) is 3.67. The highest BCUT2D eigenvalue weighted by Crippen LogP contribution is 2.27. The van der Waals surface area contributed by atoms with Crippen LogP contribution >= 0.6 is 0 Å². The second-order valence-electron chi connectivity index (χ2n) is 5.23. The maximum absolute atomic E-state index is 12.3. The fraction of sp³-hybridized carbons (Fsp3) is 0.235. The van der Waals surface area contributed by atoms with E-state index in [4.69, 9.17) is 14.6 Å². The Bertz CT molecular complexity index is 741. The molecule has 0 bridgehead atoms. The number of carbonyl (C=O) groups is 2. The molecule has 0 fully saturated rings. The number of carbonyl (C=O) groups excluding carboxylic acids is 1. The number of methoxy groups -OCH3 is 1. The summed E-state index contributed by atoms with van der Waals surface area (Å²) < 4.78 is 10.6. The third-order valence-electron chi connectivity index (χ3n) is 3.05. The minimum absolute atomic E-state index is 0.0502. The molecule has 7 heteroatoms. The number of nitrogens with zero attached hydrogens (tertiary/aromatic N) is 1. The van der Waals surface area contributed by atoms with Crippen LogP contribution in [0.1, 0.15) is 34.6 Å². The number of hydrogen-bond acceptors (Lipinski definition) is 5. The highest BCUT2D eigenvalue weighted by molar-refractivity contribution is 6.05. The number of aromatic carboxylic acids is 1. The van der Waals surface area contributed by atoms with Gasteiger partial charge in [0.2, 0.25) is 5.88 Å². The van der Waals surface area contributed by atoms with Gasteiger partial charge in [-0.15, -0.1) is 0 Å². The van der Waals surface area contributed by atoms with Crippen molar-refractivity contribution >= 4 is 17.6 Å². The number of rotatable bonds is 6. The lowest BCUT2D eigenvalue weighted by Crippen LogP contribution is -2.15. The SMILES string of the molecule is COc1ccc(C(=O)Nc2cc(C(=O)O)ccc2OC(C)C)cn1. The van der Waals surface area contributed by atoms with Gasteiger partial charge in [0.25, 0.3) is 5.91 Å². The van der Waals surface area contributed by atoms with Crippen molar-refractivity contribution in [1.29, 1.82) is 0 Å². The molecular formula is C17H18N2O5. The van der Waals surface area contributed by atoms with Crippen molar-refractivity contribution in [2.24, 2.45) is 0 Å². The van der Waals surface area contributed by atoms with Crippen molar-refractivity contribution in [3.05, 3.63) is 47.7 Å². The number of nitrogens with one attached hydrogen (secondary N) is 1. The van der Waals surface area contributed by atoms with E-state index < -0.39 is 11.9 Å². The van der Waals surface area contributed by atoms with Crippen LogP contribution in [0.25, 0.3) is 0 Å². The molecule has 0 aliphatic carbocycles. The standard InChI is InChI=1S/C17H18N2O5/c1-10(2)24-14-6-4-11(17(21)22)8-13(14)19-16(20)12-5-7-15(23-3)18-9-12/h4-10H,1-3H3,(H,19,20)(H,21,22). The van der Waals surface area contributed by atoms with Gasteiger partial charge in [-0.2, -0.15) is 0 Å². The first-order valence-corrected chi connectivity index (χ1v) is 7.26. The Morgan fingerprint density at radius 3 is 2.42 bits per heavy atom. The van der Waals surface area contributed by atoms with E-state index in [1.54, 1.807) is 12.1 Å². The molecule has 0 unspecified atom stereocenters. The summed E-state index contributed by atoms with van der Waals surface area (Å²) >= 11 is 0. The Kier molecular flexibility index (Phi) is 5.36. The number of amides is 1. The molecule has 1 aromatic heterocycles. The van der Waals surface area contributed by atoms with E-state index in [-0.39, 0.29) is 17.4 Å². The second kappa shape index (κ2) is 7.45.